The second-order valence-corrected chi connectivity index (χ2v) is 3.09. The van der Waals surface area contributed by atoms with Crippen LogP contribution < -0.4 is 0 Å². The van der Waals surface area contributed by atoms with E-state index in [0.29, 0.717) is 5.56 Å². The molecule has 1 nitrogen and oxygen atoms in total. The van der Waals surface area contributed by atoms with Crippen molar-refractivity contribution in [2.75, 3.05) is 0 Å². The topological polar surface area (TPSA) is 23.8 Å². The summed E-state index contributed by atoms with van der Waals surface area (Å²) in [7, 11) is 0. The zero-order valence-electron chi connectivity index (χ0n) is 7.44. The van der Waals surface area contributed by atoms with Crippen LogP contribution in [0.4, 0.5) is 8.78 Å². The fourth-order valence-electron chi connectivity index (χ4n) is 1.16. The van der Waals surface area contributed by atoms with Gasteiger partial charge in [0.15, 0.2) is 11.6 Å². The van der Waals surface area contributed by atoms with Gasteiger partial charge in [-0.15, -0.1) is 0 Å². The molecule has 1 aromatic rings. The molecule has 13 heavy (non-hydrogen) atoms. The van der Waals surface area contributed by atoms with E-state index in [4.69, 9.17) is 5.26 Å². The lowest BCUT2D eigenvalue weighted by molar-refractivity contribution is 0.503. The highest BCUT2D eigenvalue weighted by atomic mass is 19.2. The second kappa shape index (κ2) is 3.53. The maximum Gasteiger partial charge on any atom is 0.176 e. The summed E-state index contributed by atoms with van der Waals surface area (Å²) in [5.41, 5.74) is 0.358. The molecule has 0 aliphatic heterocycles. The van der Waals surface area contributed by atoms with Gasteiger partial charge in [-0.3, -0.25) is 0 Å². The molecule has 0 saturated heterocycles. The fraction of sp³-hybridized carbons (Fsp3) is 0.300. The van der Waals surface area contributed by atoms with Crippen molar-refractivity contribution in [3.63, 3.8) is 0 Å². The molecule has 0 radical (unpaired) electrons. The summed E-state index contributed by atoms with van der Waals surface area (Å²) >= 11 is 0. The van der Waals surface area contributed by atoms with Crippen molar-refractivity contribution in [2.45, 2.75) is 19.8 Å². The van der Waals surface area contributed by atoms with E-state index < -0.39 is 11.6 Å². The average Bonchev–Trinajstić information content (AvgIpc) is 2.09. The zero-order valence-corrected chi connectivity index (χ0v) is 7.44. The molecule has 0 heterocycles. The van der Waals surface area contributed by atoms with E-state index in [1.54, 1.807) is 6.07 Å². The van der Waals surface area contributed by atoms with Crippen molar-refractivity contribution < 1.29 is 8.78 Å². The summed E-state index contributed by atoms with van der Waals surface area (Å²) < 4.78 is 25.7. The zero-order chi connectivity index (χ0) is 10.0. The molecule has 0 amide bonds. The predicted molar refractivity (Wildman–Crippen MR) is 45.2 cm³/mol. The first-order chi connectivity index (χ1) is 6.07. The lowest BCUT2D eigenvalue weighted by Crippen LogP contribution is -1.98. The van der Waals surface area contributed by atoms with Gasteiger partial charge in [0.1, 0.15) is 6.07 Å². The van der Waals surface area contributed by atoms with Crippen LogP contribution >= 0.6 is 0 Å². The number of nitrogens with zero attached hydrogens (tertiary/aromatic N) is 1. The van der Waals surface area contributed by atoms with Crippen molar-refractivity contribution in [3.05, 3.63) is 34.9 Å². The van der Waals surface area contributed by atoms with Crippen LogP contribution in [-0.2, 0) is 0 Å². The molecule has 0 aromatic heterocycles. The van der Waals surface area contributed by atoms with Crippen molar-refractivity contribution >= 4 is 0 Å². The number of hydrogen-bond acceptors (Lipinski definition) is 1. The Balaban J connectivity index is 3.41. The van der Waals surface area contributed by atoms with Gasteiger partial charge in [-0.05, 0) is 17.5 Å². The van der Waals surface area contributed by atoms with Crippen LogP contribution in [0.3, 0.4) is 0 Å². The lowest BCUT2D eigenvalue weighted by Gasteiger charge is -2.07. The molecular weight excluding hydrogens is 172 g/mol. The SMILES string of the molecule is CC(C)c1ccc(F)c(F)c1C#N. The number of nitriles is 1. The van der Waals surface area contributed by atoms with E-state index in [0.717, 1.165) is 6.07 Å². The van der Waals surface area contributed by atoms with Crippen LogP contribution in [0, 0.1) is 23.0 Å². The molecule has 0 spiro atoms. The molecule has 0 aliphatic carbocycles. The van der Waals surface area contributed by atoms with Gasteiger partial charge in [-0.2, -0.15) is 5.26 Å². The third-order valence-corrected chi connectivity index (χ3v) is 1.86. The van der Waals surface area contributed by atoms with E-state index in [1.807, 2.05) is 13.8 Å². The fourth-order valence-corrected chi connectivity index (χ4v) is 1.16. The van der Waals surface area contributed by atoms with Crippen LogP contribution in [0.15, 0.2) is 12.1 Å². The molecule has 1 aromatic carbocycles. The number of rotatable bonds is 1. The van der Waals surface area contributed by atoms with E-state index in [2.05, 4.69) is 0 Å². The van der Waals surface area contributed by atoms with Crippen molar-refractivity contribution in [2.24, 2.45) is 0 Å². The van der Waals surface area contributed by atoms with Gasteiger partial charge in [-0.25, -0.2) is 8.78 Å². The van der Waals surface area contributed by atoms with Crippen LogP contribution in [0.2, 0.25) is 0 Å². The molecular formula is C10H9F2N. The first kappa shape index (κ1) is 9.66. The number of halogens is 2. The van der Waals surface area contributed by atoms with Gasteiger partial charge in [0.05, 0.1) is 5.56 Å². The molecule has 0 saturated carbocycles. The highest BCUT2D eigenvalue weighted by Gasteiger charge is 2.14. The van der Waals surface area contributed by atoms with Crippen LogP contribution in [0.1, 0.15) is 30.9 Å². The Bertz CT molecular complexity index is 364. The summed E-state index contributed by atoms with van der Waals surface area (Å²) in [6.07, 6.45) is 0. The number of hydrogen-bond donors (Lipinski definition) is 0. The van der Waals surface area contributed by atoms with Gasteiger partial charge in [0.2, 0.25) is 0 Å². The Labute approximate surface area is 75.6 Å². The minimum absolute atomic E-state index is 0.0183. The summed E-state index contributed by atoms with van der Waals surface area (Å²) in [6.45, 7) is 3.65. The minimum Gasteiger partial charge on any atom is -0.204 e. The Hall–Kier alpha value is -1.43. The summed E-state index contributed by atoms with van der Waals surface area (Å²) in [6, 6.07) is 4.16. The minimum atomic E-state index is -1.05. The lowest BCUT2D eigenvalue weighted by atomic mass is 9.97. The predicted octanol–water partition coefficient (Wildman–Crippen LogP) is 2.96. The van der Waals surface area contributed by atoms with Gasteiger partial charge in [0.25, 0.3) is 0 Å². The smallest absolute Gasteiger partial charge is 0.176 e. The molecule has 0 atom stereocenters. The van der Waals surface area contributed by atoms with Crippen LogP contribution in [0.25, 0.3) is 0 Å². The van der Waals surface area contributed by atoms with Gasteiger partial charge in [-0.1, -0.05) is 19.9 Å². The third kappa shape index (κ3) is 1.67. The van der Waals surface area contributed by atoms with E-state index >= 15 is 0 Å². The number of benzene rings is 1. The largest absolute Gasteiger partial charge is 0.204 e. The van der Waals surface area contributed by atoms with E-state index in [1.165, 1.54) is 6.07 Å². The van der Waals surface area contributed by atoms with Gasteiger partial charge >= 0.3 is 0 Å². The van der Waals surface area contributed by atoms with Gasteiger partial charge < -0.3 is 0 Å². The van der Waals surface area contributed by atoms with Crippen molar-refractivity contribution in [3.8, 4) is 6.07 Å². The normalized spacial score (nSPS) is 10.2. The molecule has 0 N–H and O–H groups in total. The first-order valence-electron chi connectivity index (χ1n) is 3.96. The molecule has 68 valence electrons. The molecule has 0 unspecified atom stereocenters. The highest BCUT2D eigenvalue weighted by Crippen LogP contribution is 2.22. The summed E-state index contributed by atoms with van der Waals surface area (Å²) in [4.78, 5) is 0. The molecule has 0 fully saturated rings. The Morgan fingerprint density at radius 3 is 2.38 bits per heavy atom. The quantitative estimate of drug-likeness (QED) is 0.653. The van der Waals surface area contributed by atoms with Crippen molar-refractivity contribution in [1.82, 2.24) is 0 Å². The molecule has 3 heteroatoms. The Kier molecular flexibility index (Phi) is 2.62. The molecule has 1 rings (SSSR count). The standard InChI is InChI=1S/C10H9F2N/c1-6(2)7-3-4-9(11)10(12)8(7)5-13/h3-4,6H,1-2H3. The van der Waals surface area contributed by atoms with E-state index in [-0.39, 0.29) is 11.5 Å². The van der Waals surface area contributed by atoms with Crippen LogP contribution in [-0.4, -0.2) is 0 Å². The second-order valence-electron chi connectivity index (χ2n) is 3.09. The maximum atomic E-state index is 13.0. The van der Waals surface area contributed by atoms with E-state index in [9.17, 15) is 8.78 Å². The Morgan fingerprint density at radius 1 is 1.31 bits per heavy atom. The monoisotopic (exact) mass is 181 g/mol. The van der Waals surface area contributed by atoms with Gasteiger partial charge in [0, 0.05) is 0 Å². The van der Waals surface area contributed by atoms with Crippen LogP contribution in [0.5, 0.6) is 0 Å². The Morgan fingerprint density at radius 2 is 1.92 bits per heavy atom. The first-order valence-corrected chi connectivity index (χ1v) is 3.96. The molecule has 0 bridgehead atoms. The van der Waals surface area contributed by atoms with Crippen molar-refractivity contribution in [1.29, 1.82) is 5.26 Å². The molecule has 0 aliphatic rings. The average molecular weight is 181 g/mol. The maximum absolute atomic E-state index is 13.0. The third-order valence-electron chi connectivity index (χ3n) is 1.86. The summed E-state index contributed by atoms with van der Waals surface area (Å²) in [5.74, 6) is -2.00. The summed E-state index contributed by atoms with van der Waals surface area (Å²) in [5, 5.41) is 8.62. The highest BCUT2D eigenvalue weighted by molar-refractivity contribution is 5.41.